The van der Waals surface area contributed by atoms with Crippen LogP contribution in [-0.2, 0) is 0 Å². The minimum Gasteiger partial charge on any atom is -0.336 e. The molecule has 2 saturated heterocycles. The number of rotatable bonds is 0. The van der Waals surface area contributed by atoms with Crippen LogP contribution in [0.2, 0.25) is 0 Å². The second-order valence-corrected chi connectivity index (χ2v) is 4.51. The van der Waals surface area contributed by atoms with Gasteiger partial charge in [0.2, 0.25) is 0 Å². The molecule has 2 N–H and O–H groups in total. The average Bonchev–Trinajstić information content (AvgIpc) is 2.36. The van der Waals surface area contributed by atoms with Crippen molar-refractivity contribution >= 4 is 23.4 Å². The maximum Gasteiger partial charge on any atom is 0.321 e. The summed E-state index contributed by atoms with van der Waals surface area (Å²) in [6, 6.07) is -0.0862. The van der Waals surface area contributed by atoms with E-state index in [1.165, 1.54) is 0 Å². The number of carbonyl (C=O) groups is 1. The van der Waals surface area contributed by atoms with Crippen LogP contribution < -0.4 is 10.6 Å². The number of carbonyl (C=O) groups excluding carboxylic acids is 1. The molecular formula is C8H14N4OS. The number of hydrogen-bond acceptors (Lipinski definition) is 2. The van der Waals surface area contributed by atoms with E-state index in [0.717, 1.165) is 0 Å². The van der Waals surface area contributed by atoms with E-state index in [-0.39, 0.29) is 6.03 Å². The van der Waals surface area contributed by atoms with Crippen molar-refractivity contribution in [3.63, 3.8) is 0 Å². The zero-order valence-corrected chi connectivity index (χ0v) is 9.53. The molecule has 14 heavy (non-hydrogen) atoms. The number of fused-ring (bicyclic) bond motifs is 1. The highest BCUT2D eigenvalue weighted by Gasteiger charge is 2.64. The third-order valence-electron chi connectivity index (χ3n) is 3.58. The minimum atomic E-state index is -0.509. The summed E-state index contributed by atoms with van der Waals surface area (Å²) in [7, 11) is 3.66. The zero-order valence-electron chi connectivity index (χ0n) is 8.71. The molecule has 2 rings (SSSR count). The van der Waals surface area contributed by atoms with E-state index in [0.29, 0.717) is 5.11 Å². The molecule has 0 bridgehead atoms. The first-order chi connectivity index (χ1) is 6.33. The largest absolute Gasteiger partial charge is 0.336 e. The highest BCUT2D eigenvalue weighted by molar-refractivity contribution is 7.80. The molecule has 2 fully saturated rings. The molecule has 2 aliphatic rings. The number of thiocarbonyl (C=S) groups is 1. The molecule has 0 aliphatic carbocycles. The fourth-order valence-electron chi connectivity index (χ4n) is 2.15. The molecule has 0 spiro atoms. The topological polar surface area (TPSA) is 47.6 Å². The molecule has 2 atom stereocenters. The molecule has 0 radical (unpaired) electrons. The van der Waals surface area contributed by atoms with Crippen LogP contribution in [-0.4, -0.2) is 46.4 Å². The van der Waals surface area contributed by atoms with Gasteiger partial charge in [0.1, 0.15) is 0 Å². The Morgan fingerprint density at radius 1 is 1.21 bits per heavy atom. The van der Waals surface area contributed by atoms with Gasteiger partial charge in [0.25, 0.3) is 0 Å². The zero-order chi connectivity index (χ0) is 10.7. The van der Waals surface area contributed by atoms with Gasteiger partial charge in [0.05, 0.1) is 0 Å². The second-order valence-electron chi connectivity index (χ2n) is 4.12. The quantitative estimate of drug-likeness (QED) is 0.553. The van der Waals surface area contributed by atoms with Crippen molar-refractivity contribution in [2.24, 2.45) is 0 Å². The second kappa shape index (κ2) is 2.31. The molecule has 0 aromatic carbocycles. The predicted molar refractivity (Wildman–Crippen MR) is 56.6 cm³/mol. The van der Waals surface area contributed by atoms with Gasteiger partial charge < -0.3 is 20.4 Å². The average molecular weight is 214 g/mol. The predicted octanol–water partition coefficient (Wildman–Crippen LogP) is -0.106. The summed E-state index contributed by atoms with van der Waals surface area (Å²) >= 11 is 5.17. The van der Waals surface area contributed by atoms with E-state index >= 15 is 0 Å². The third-order valence-corrected chi connectivity index (χ3v) is 3.95. The molecule has 2 amide bonds. The van der Waals surface area contributed by atoms with Crippen molar-refractivity contribution < 1.29 is 4.79 Å². The molecule has 6 heteroatoms. The highest BCUT2D eigenvalue weighted by atomic mass is 32.1. The van der Waals surface area contributed by atoms with Gasteiger partial charge in [0.15, 0.2) is 16.4 Å². The Hall–Kier alpha value is -1.04. The van der Waals surface area contributed by atoms with E-state index in [2.05, 4.69) is 10.6 Å². The van der Waals surface area contributed by atoms with Gasteiger partial charge in [-0.1, -0.05) is 0 Å². The Bertz CT molecular complexity index is 305. The van der Waals surface area contributed by atoms with Crippen molar-refractivity contribution in [2.45, 2.75) is 25.2 Å². The number of likely N-dealkylation sites (N-methyl/N-ethyl adjacent to an activating group) is 2. The lowest BCUT2D eigenvalue weighted by atomic mass is 9.99. The summed E-state index contributed by atoms with van der Waals surface area (Å²) in [5, 5.41) is 6.67. The molecule has 78 valence electrons. The fourth-order valence-corrected chi connectivity index (χ4v) is 2.54. The van der Waals surface area contributed by atoms with Crippen LogP contribution in [0.25, 0.3) is 0 Å². The van der Waals surface area contributed by atoms with E-state index in [9.17, 15) is 4.79 Å². The van der Waals surface area contributed by atoms with Crippen LogP contribution in [0.5, 0.6) is 0 Å². The van der Waals surface area contributed by atoms with Crippen LogP contribution in [0.15, 0.2) is 0 Å². The van der Waals surface area contributed by atoms with Crippen molar-refractivity contribution in [3.8, 4) is 0 Å². The number of amides is 2. The van der Waals surface area contributed by atoms with Crippen molar-refractivity contribution in [1.29, 1.82) is 0 Å². The molecule has 0 aromatic heterocycles. The van der Waals surface area contributed by atoms with Crippen molar-refractivity contribution in [2.75, 3.05) is 14.1 Å². The Labute approximate surface area is 88.4 Å². The lowest BCUT2D eigenvalue weighted by molar-refractivity contribution is 0.0556. The van der Waals surface area contributed by atoms with Crippen LogP contribution in [0.1, 0.15) is 13.8 Å². The van der Waals surface area contributed by atoms with Gasteiger partial charge in [-0.05, 0) is 26.1 Å². The van der Waals surface area contributed by atoms with Crippen molar-refractivity contribution in [1.82, 2.24) is 20.4 Å². The number of nitrogens with one attached hydrogen (secondary N) is 2. The molecular weight excluding hydrogens is 200 g/mol. The summed E-state index contributed by atoms with van der Waals surface area (Å²) in [5.74, 6) is 0. The molecule has 2 aliphatic heterocycles. The first kappa shape index (κ1) is 9.51. The molecule has 5 nitrogen and oxygen atoms in total. The van der Waals surface area contributed by atoms with Gasteiger partial charge in [-0.25, -0.2) is 4.79 Å². The first-order valence-electron chi connectivity index (χ1n) is 4.45. The maximum atomic E-state index is 11.6. The SMILES string of the molecule is CN1C(=O)N[C@]2(C)NC(=S)N(C)[C@]12C. The monoisotopic (exact) mass is 214 g/mol. The molecule has 0 saturated carbocycles. The maximum absolute atomic E-state index is 11.6. The van der Waals surface area contributed by atoms with E-state index in [1.54, 1.807) is 11.9 Å². The van der Waals surface area contributed by atoms with E-state index in [1.807, 2.05) is 25.8 Å². The van der Waals surface area contributed by atoms with Gasteiger partial charge in [-0.3, -0.25) is 0 Å². The summed E-state index contributed by atoms with van der Waals surface area (Å²) in [5.41, 5.74) is -0.953. The normalized spacial score (nSPS) is 41.1. The van der Waals surface area contributed by atoms with Crippen LogP contribution in [0.4, 0.5) is 4.79 Å². The lowest BCUT2D eigenvalue weighted by Gasteiger charge is -2.39. The standard InChI is InChI=1S/C8H14N4OS/c1-7-8(2,11(3)5(13)9-7)12(4)6(14)10-7/h1-4H3,(H,9,13)(H,10,14)/t7-,8+/m1/s1. The Morgan fingerprint density at radius 2 is 1.79 bits per heavy atom. The highest BCUT2D eigenvalue weighted by Crippen LogP contribution is 2.38. The smallest absolute Gasteiger partial charge is 0.321 e. The lowest BCUT2D eigenvalue weighted by Crippen LogP contribution is -2.62. The van der Waals surface area contributed by atoms with Crippen LogP contribution in [0, 0.1) is 0 Å². The van der Waals surface area contributed by atoms with Gasteiger partial charge in [-0.2, -0.15) is 0 Å². The fraction of sp³-hybridized carbons (Fsp3) is 0.750. The van der Waals surface area contributed by atoms with Crippen molar-refractivity contribution in [3.05, 3.63) is 0 Å². The first-order valence-corrected chi connectivity index (χ1v) is 4.86. The van der Waals surface area contributed by atoms with Gasteiger partial charge in [0, 0.05) is 14.1 Å². The van der Waals surface area contributed by atoms with E-state index in [4.69, 9.17) is 12.2 Å². The third kappa shape index (κ3) is 0.755. The van der Waals surface area contributed by atoms with Gasteiger partial charge >= 0.3 is 6.03 Å². The summed E-state index contributed by atoms with van der Waals surface area (Å²) in [6.07, 6.45) is 0. The van der Waals surface area contributed by atoms with Crippen LogP contribution >= 0.6 is 12.2 Å². The summed E-state index contributed by atoms with van der Waals surface area (Å²) in [4.78, 5) is 15.1. The molecule has 0 unspecified atom stereocenters. The number of nitrogens with zero attached hydrogens (tertiary/aromatic N) is 2. The van der Waals surface area contributed by atoms with E-state index < -0.39 is 11.3 Å². The Morgan fingerprint density at radius 3 is 2.29 bits per heavy atom. The van der Waals surface area contributed by atoms with Crippen LogP contribution in [0.3, 0.4) is 0 Å². The van der Waals surface area contributed by atoms with Gasteiger partial charge in [-0.15, -0.1) is 0 Å². The number of hydrogen-bond donors (Lipinski definition) is 2. The Kier molecular flexibility index (Phi) is 1.57. The molecule has 2 heterocycles. The Balaban J connectivity index is 2.52. The number of urea groups is 1. The summed E-state index contributed by atoms with van der Waals surface area (Å²) < 4.78 is 0. The summed E-state index contributed by atoms with van der Waals surface area (Å²) in [6.45, 7) is 3.92. The minimum absolute atomic E-state index is 0.0862. The molecule has 0 aromatic rings.